The van der Waals surface area contributed by atoms with E-state index in [1.165, 1.54) is 122 Å². The Labute approximate surface area is 415 Å². The highest BCUT2D eigenvalue weighted by molar-refractivity contribution is 5.76. The van der Waals surface area contributed by atoms with E-state index in [4.69, 9.17) is 14.2 Å². The summed E-state index contributed by atoms with van der Waals surface area (Å²) in [6, 6.07) is -0.834. The monoisotopic (exact) mass is 962 g/mol. The van der Waals surface area contributed by atoms with Crippen LogP contribution < -0.4 is 5.32 Å². The van der Waals surface area contributed by atoms with Crippen LogP contribution in [0, 0.1) is 0 Å². The van der Waals surface area contributed by atoms with Gasteiger partial charge in [0.25, 0.3) is 0 Å². The van der Waals surface area contributed by atoms with Crippen molar-refractivity contribution in [3.05, 3.63) is 48.6 Å². The minimum Gasteiger partial charge on any atom is -0.466 e. The Morgan fingerprint density at radius 1 is 0.544 bits per heavy atom. The lowest BCUT2D eigenvalue weighted by molar-refractivity contribution is -0.302. The molecule has 0 aromatic rings. The fourth-order valence-electron chi connectivity index (χ4n) is 8.44. The van der Waals surface area contributed by atoms with Gasteiger partial charge in [0.2, 0.25) is 5.91 Å². The van der Waals surface area contributed by atoms with E-state index in [0.29, 0.717) is 19.4 Å². The van der Waals surface area contributed by atoms with E-state index in [1.807, 2.05) is 6.08 Å². The summed E-state index contributed by atoms with van der Waals surface area (Å²) in [5, 5.41) is 54.1. The van der Waals surface area contributed by atoms with Crippen molar-refractivity contribution in [3.8, 4) is 0 Å². The molecule has 0 bridgehead atoms. The molecule has 396 valence electrons. The molecule has 1 aliphatic rings. The lowest BCUT2D eigenvalue weighted by Gasteiger charge is -2.40. The molecule has 0 radical (unpaired) electrons. The van der Waals surface area contributed by atoms with E-state index in [2.05, 4.69) is 55.6 Å². The van der Waals surface area contributed by atoms with Gasteiger partial charge in [-0.25, -0.2) is 0 Å². The molecule has 0 aliphatic carbocycles. The van der Waals surface area contributed by atoms with Crippen molar-refractivity contribution in [1.82, 2.24) is 5.32 Å². The Morgan fingerprint density at radius 3 is 1.57 bits per heavy atom. The molecular weight excluding hydrogens is 859 g/mol. The molecule has 1 rings (SSSR count). The number of aliphatic hydroxyl groups is 5. The number of amides is 1. The number of rotatable bonds is 47. The normalized spacial score (nSPS) is 19.8. The molecular formula is C57H103NO10. The quantitative estimate of drug-likeness (QED) is 0.0149. The maximum atomic E-state index is 13.0. The molecule has 1 heterocycles. The van der Waals surface area contributed by atoms with E-state index in [0.717, 1.165) is 89.9 Å². The molecule has 11 nitrogen and oxygen atoms in total. The molecule has 0 saturated carbocycles. The van der Waals surface area contributed by atoms with Gasteiger partial charge in [0, 0.05) is 12.8 Å². The number of hydrogen-bond donors (Lipinski definition) is 6. The van der Waals surface area contributed by atoms with E-state index >= 15 is 0 Å². The van der Waals surface area contributed by atoms with Gasteiger partial charge in [0.05, 0.1) is 32.0 Å². The molecule has 7 unspecified atom stereocenters. The van der Waals surface area contributed by atoms with Crippen LogP contribution in [0.25, 0.3) is 0 Å². The largest absolute Gasteiger partial charge is 0.466 e. The molecule has 0 aromatic heterocycles. The zero-order valence-corrected chi connectivity index (χ0v) is 43.3. The predicted molar refractivity (Wildman–Crippen MR) is 278 cm³/mol. The van der Waals surface area contributed by atoms with Crippen LogP contribution in [0.4, 0.5) is 0 Å². The van der Waals surface area contributed by atoms with E-state index < -0.39 is 49.5 Å². The van der Waals surface area contributed by atoms with Gasteiger partial charge in [-0.1, -0.05) is 197 Å². The molecule has 7 atom stereocenters. The summed E-state index contributed by atoms with van der Waals surface area (Å²) in [4.78, 5) is 25.0. The fraction of sp³-hybridized carbons (Fsp3) is 0.825. The van der Waals surface area contributed by atoms with Gasteiger partial charge in [-0.15, -0.1) is 0 Å². The van der Waals surface area contributed by atoms with Gasteiger partial charge in [0.15, 0.2) is 6.29 Å². The van der Waals surface area contributed by atoms with Gasteiger partial charge in [-0.3, -0.25) is 9.59 Å². The number of hydrogen-bond acceptors (Lipinski definition) is 10. The second-order valence-corrected chi connectivity index (χ2v) is 19.3. The number of nitrogens with one attached hydrogen (secondary N) is 1. The molecule has 0 spiro atoms. The maximum absolute atomic E-state index is 13.0. The van der Waals surface area contributed by atoms with Crippen molar-refractivity contribution >= 4 is 11.9 Å². The summed E-state index contributed by atoms with van der Waals surface area (Å²) in [5.74, 6) is -0.234. The second-order valence-electron chi connectivity index (χ2n) is 19.3. The smallest absolute Gasteiger partial charge is 0.305 e. The first kappa shape index (κ1) is 63.6. The zero-order valence-electron chi connectivity index (χ0n) is 43.3. The highest BCUT2D eigenvalue weighted by Crippen LogP contribution is 2.23. The van der Waals surface area contributed by atoms with Gasteiger partial charge in [-0.2, -0.15) is 0 Å². The number of unbranched alkanes of at least 4 members (excludes halogenated alkanes) is 28. The van der Waals surface area contributed by atoms with Crippen LogP contribution in [0.2, 0.25) is 0 Å². The number of esters is 1. The summed E-state index contributed by atoms with van der Waals surface area (Å²) in [5.41, 5.74) is 0. The average Bonchev–Trinajstić information content (AvgIpc) is 3.33. The van der Waals surface area contributed by atoms with Crippen LogP contribution in [0.15, 0.2) is 48.6 Å². The Morgan fingerprint density at radius 2 is 1.00 bits per heavy atom. The minimum atomic E-state index is -1.58. The highest BCUT2D eigenvalue weighted by Gasteiger charge is 2.44. The first-order valence-corrected chi connectivity index (χ1v) is 27.9. The molecule has 1 aliphatic heterocycles. The molecule has 1 fully saturated rings. The Balaban J connectivity index is 2.09. The lowest BCUT2D eigenvalue weighted by Crippen LogP contribution is -2.60. The third-order valence-electron chi connectivity index (χ3n) is 12.9. The van der Waals surface area contributed by atoms with Crippen molar-refractivity contribution in [1.29, 1.82) is 0 Å². The van der Waals surface area contributed by atoms with Crippen LogP contribution in [-0.4, -0.2) is 100 Å². The molecule has 68 heavy (non-hydrogen) atoms. The standard InChI is InChI=1S/C57H103NO10/c1-3-5-7-9-11-13-14-25-29-33-37-41-45-53(62)66-46-42-38-34-30-26-23-21-19-17-15-16-18-20-22-24-28-32-36-40-44-52(61)58-49(50(60)43-39-35-31-27-12-10-8-6-4-2)48-67-57-56(65)55(64)54(63)51(47-59)68-57/h12,19,21,23,26-27,39,43,49-51,54-57,59-60,63-65H,3-11,13-18,20,22,24-25,28-38,40-42,44-48H2,1-2H3,(H,58,61)/b21-19-,26-23-,27-12+,43-39+. The molecule has 1 saturated heterocycles. The summed E-state index contributed by atoms with van der Waals surface area (Å²) in [6.07, 6.45) is 47.9. The summed E-state index contributed by atoms with van der Waals surface area (Å²) >= 11 is 0. The van der Waals surface area contributed by atoms with Crippen LogP contribution >= 0.6 is 0 Å². The van der Waals surface area contributed by atoms with Crippen LogP contribution in [0.3, 0.4) is 0 Å². The predicted octanol–water partition coefficient (Wildman–Crippen LogP) is 12.1. The number of aliphatic hydroxyl groups excluding tert-OH is 5. The molecule has 6 N–H and O–H groups in total. The third-order valence-corrected chi connectivity index (χ3v) is 12.9. The summed E-state index contributed by atoms with van der Waals surface area (Å²) in [7, 11) is 0. The fourth-order valence-corrected chi connectivity index (χ4v) is 8.44. The highest BCUT2D eigenvalue weighted by atomic mass is 16.7. The Bertz CT molecular complexity index is 1270. The summed E-state index contributed by atoms with van der Waals surface area (Å²) < 4.78 is 16.6. The van der Waals surface area contributed by atoms with Crippen LogP contribution in [0.5, 0.6) is 0 Å². The first-order valence-electron chi connectivity index (χ1n) is 27.9. The summed E-state index contributed by atoms with van der Waals surface area (Å²) in [6.45, 7) is 4.21. The van der Waals surface area contributed by atoms with E-state index in [9.17, 15) is 35.1 Å². The molecule has 11 heteroatoms. The number of carbonyl (C=O) groups is 2. The van der Waals surface area contributed by atoms with Crippen molar-refractivity contribution < 1.29 is 49.3 Å². The van der Waals surface area contributed by atoms with Gasteiger partial charge in [-0.05, 0) is 77.0 Å². The molecule has 1 amide bonds. The lowest BCUT2D eigenvalue weighted by atomic mass is 9.99. The van der Waals surface area contributed by atoms with Crippen molar-refractivity contribution in [2.45, 2.75) is 281 Å². The Kier molecular flexibility index (Phi) is 44.0. The minimum absolute atomic E-state index is 0.0290. The maximum Gasteiger partial charge on any atom is 0.305 e. The van der Waals surface area contributed by atoms with Crippen LogP contribution in [0.1, 0.15) is 239 Å². The second kappa shape index (κ2) is 47.0. The van der Waals surface area contributed by atoms with Crippen molar-refractivity contribution in [2.75, 3.05) is 19.8 Å². The number of carbonyl (C=O) groups excluding carboxylic acids is 2. The number of allylic oxidation sites excluding steroid dienone is 7. The van der Waals surface area contributed by atoms with Gasteiger partial charge >= 0.3 is 5.97 Å². The number of ether oxygens (including phenoxy) is 3. The first-order chi connectivity index (χ1) is 33.2. The van der Waals surface area contributed by atoms with Crippen LogP contribution in [-0.2, 0) is 23.8 Å². The van der Waals surface area contributed by atoms with Gasteiger partial charge in [0.1, 0.15) is 24.4 Å². The average molecular weight is 962 g/mol. The Hall–Kier alpha value is -2.38. The topological polar surface area (TPSA) is 175 Å². The third kappa shape index (κ3) is 36.5. The van der Waals surface area contributed by atoms with Crippen molar-refractivity contribution in [3.63, 3.8) is 0 Å². The zero-order chi connectivity index (χ0) is 49.6. The van der Waals surface area contributed by atoms with E-state index in [-0.39, 0.29) is 18.5 Å². The SMILES string of the molecule is CCCCC/C=C/CC/C=C/C(O)C(COC1OC(CO)C(O)C(O)C1O)NC(=O)CCCCCCCCCCCC/C=C\C=C/CCCCCOC(=O)CCCCCCCCCCCCCC. The molecule has 0 aromatic carbocycles. The van der Waals surface area contributed by atoms with Gasteiger partial charge < -0.3 is 45.1 Å². The van der Waals surface area contributed by atoms with Crippen molar-refractivity contribution in [2.24, 2.45) is 0 Å². The van der Waals surface area contributed by atoms with E-state index in [1.54, 1.807) is 6.08 Å².